The molecule has 0 bridgehead atoms. The van der Waals surface area contributed by atoms with Crippen LogP contribution in [-0.4, -0.2) is 14.8 Å². The van der Waals surface area contributed by atoms with Gasteiger partial charge in [-0.2, -0.15) is 0 Å². The van der Waals surface area contributed by atoms with E-state index in [2.05, 4.69) is 10.2 Å². The molecule has 136 valence electrons. The van der Waals surface area contributed by atoms with E-state index in [4.69, 9.17) is 27.6 Å². The van der Waals surface area contributed by atoms with Crippen LogP contribution in [0.25, 0.3) is 11.4 Å². The lowest BCUT2D eigenvalue weighted by Gasteiger charge is -2.09. The van der Waals surface area contributed by atoms with Crippen molar-refractivity contribution in [1.82, 2.24) is 14.8 Å². The Morgan fingerprint density at radius 2 is 1.74 bits per heavy atom. The van der Waals surface area contributed by atoms with Gasteiger partial charge < -0.3 is 4.42 Å². The lowest BCUT2D eigenvalue weighted by atomic mass is 10.2. The number of halogens is 2. The molecule has 2 heterocycles. The van der Waals surface area contributed by atoms with Gasteiger partial charge in [0.1, 0.15) is 5.76 Å². The minimum Gasteiger partial charge on any atom is -0.467 e. The van der Waals surface area contributed by atoms with Crippen molar-refractivity contribution >= 4 is 35.0 Å². The number of benzene rings is 2. The third-order valence-electron chi connectivity index (χ3n) is 4.03. The van der Waals surface area contributed by atoms with E-state index < -0.39 is 0 Å². The summed E-state index contributed by atoms with van der Waals surface area (Å²) in [5.74, 6) is 2.31. The van der Waals surface area contributed by atoms with Crippen molar-refractivity contribution in [3.05, 3.63) is 88.3 Å². The van der Waals surface area contributed by atoms with Crippen LogP contribution in [-0.2, 0) is 12.3 Å². The maximum Gasteiger partial charge on any atom is 0.192 e. The number of rotatable bonds is 6. The molecule has 0 fully saturated rings. The van der Waals surface area contributed by atoms with Gasteiger partial charge in [0.25, 0.3) is 0 Å². The van der Waals surface area contributed by atoms with Gasteiger partial charge in [0.05, 0.1) is 12.8 Å². The van der Waals surface area contributed by atoms with E-state index in [0.717, 1.165) is 32.9 Å². The number of nitrogens with zero attached hydrogens (tertiary/aromatic N) is 3. The monoisotopic (exact) mass is 415 g/mol. The molecule has 4 rings (SSSR count). The molecule has 0 amide bonds. The first-order valence-corrected chi connectivity index (χ1v) is 10.0. The van der Waals surface area contributed by atoms with Gasteiger partial charge in [0.2, 0.25) is 0 Å². The lowest BCUT2D eigenvalue weighted by Crippen LogP contribution is -2.03. The summed E-state index contributed by atoms with van der Waals surface area (Å²) in [7, 11) is 0. The largest absolute Gasteiger partial charge is 0.467 e. The Labute approximate surface area is 171 Å². The van der Waals surface area contributed by atoms with Crippen LogP contribution in [0.3, 0.4) is 0 Å². The maximum atomic E-state index is 6.28. The SMILES string of the molecule is Clc1ccc(-c2nnc(SCc3ccccc3Cl)n2Cc2ccco2)cc1. The van der Waals surface area contributed by atoms with Crippen LogP contribution in [0.15, 0.2) is 76.5 Å². The van der Waals surface area contributed by atoms with Gasteiger partial charge in [-0.25, -0.2) is 0 Å². The molecule has 0 spiro atoms. The Morgan fingerprint density at radius 1 is 0.926 bits per heavy atom. The van der Waals surface area contributed by atoms with Crippen LogP contribution in [0, 0.1) is 0 Å². The van der Waals surface area contributed by atoms with Crippen molar-refractivity contribution in [1.29, 1.82) is 0 Å². The Morgan fingerprint density at radius 3 is 2.48 bits per heavy atom. The van der Waals surface area contributed by atoms with Gasteiger partial charge in [-0.3, -0.25) is 4.57 Å². The zero-order valence-electron chi connectivity index (χ0n) is 14.2. The standard InChI is InChI=1S/C20H15Cl2N3OS/c21-16-9-7-14(8-10-16)19-23-24-20(25(19)12-17-5-3-11-26-17)27-13-15-4-1-2-6-18(15)22/h1-11H,12-13H2. The third kappa shape index (κ3) is 4.21. The number of hydrogen-bond acceptors (Lipinski definition) is 4. The first-order valence-electron chi connectivity index (χ1n) is 8.28. The fraction of sp³-hybridized carbons (Fsp3) is 0.100. The molecule has 0 aliphatic carbocycles. The van der Waals surface area contributed by atoms with Crippen LogP contribution in [0.1, 0.15) is 11.3 Å². The molecule has 0 radical (unpaired) electrons. The average molecular weight is 416 g/mol. The number of hydrogen-bond donors (Lipinski definition) is 0. The van der Waals surface area contributed by atoms with E-state index in [9.17, 15) is 0 Å². The Balaban J connectivity index is 1.66. The van der Waals surface area contributed by atoms with Crippen molar-refractivity contribution in [2.75, 3.05) is 0 Å². The first kappa shape index (κ1) is 18.2. The van der Waals surface area contributed by atoms with Gasteiger partial charge in [-0.15, -0.1) is 10.2 Å². The molecule has 2 aromatic heterocycles. The summed E-state index contributed by atoms with van der Waals surface area (Å²) in [5, 5.41) is 11.0. The number of aromatic nitrogens is 3. The molecular weight excluding hydrogens is 401 g/mol. The quantitative estimate of drug-likeness (QED) is 0.352. The Kier molecular flexibility index (Phi) is 5.53. The third-order valence-corrected chi connectivity index (χ3v) is 5.66. The van der Waals surface area contributed by atoms with Crippen molar-refractivity contribution in [3.63, 3.8) is 0 Å². The van der Waals surface area contributed by atoms with E-state index >= 15 is 0 Å². The van der Waals surface area contributed by atoms with Crippen LogP contribution < -0.4 is 0 Å². The highest BCUT2D eigenvalue weighted by Crippen LogP contribution is 2.29. The number of furan rings is 1. The molecule has 0 atom stereocenters. The minimum atomic E-state index is 0.544. The molecule has 27 heavy (non-hydrogen) atoms. The van der Waals surface area contributed by atoms with Crippen molar-refractivity contribution in [2.45, 2.75) is 17.5 Å². The minimum absolute atomic E-state index is 0.544. The summed E-state index contributed by atoms with van der Waals surface area (Å²) < 4.78 is 7.57. The predicted octanol–water partition coefficient (Wildman–Crippen LogP) is 6.19. The Bertz CT molecular complexity index is 1030. The molecule has 0 unspecified atom stereocenters. The van der Waals surface area contributed by atoms with E-state index in [1.165, 1.54) is 0 Å². The van der Waals surface area contributed by atoms with Gasteiger partial charge in [-0.1, -0.05) is 53.2 Å². The second kappa shape index (κ2) is 8.21. The molecule has 0 aliphatic rings. The summed E-state index contributed by atoms with van der Waals surface area (Å²) in [4.78, 5) is 0. The molecule has 0 N–H and O–H groups in total. The van der Waals surface area contributed by atoms with Gasteiger partial charge in [0, 0.05) is 21.4 Å². The van der Waals surface area contributed by atoms with E-state index in [0.29, 0.717) is 17.3 Å². The second-order valence-corrected chi connectivity index (χ2v) is 7.64. The highest BCUT2D eigenvalue weighted by atomic mass is 35.5. The summed E-state index contributed by atoms with van der Waals surface area (Å²) in [6.07, 6.45) is 1.66. The highest BCUT2D eigenvalue weighted by Gasteiger charge is 2.16. The molecule has 4 aromatic rings. The van der Waals surface area contributed by atoms with Gasteiger partial charge >= 0.3 is 0 Å². The van der Waals surface area contributed by atoms with Crippen LogP contribution in [0.5, 0.6) is 0 Å². The van der Waals surface area contributed by atoms with E-state index in [1.54, 1.807) is 18.0 Å². The molecule has 0 saturated heterocycles. The molecular formula is C20H15Cl2N3OS. The molecule has 7 heteroatoms. The summed E-state index contributed by atoms with van der Waals surface area (Å²) in [5.41, 5.74) is 2.01. The smallest absolute Gasteiger partial charge is 0.192 e. The summed E-state index contributed by atoms with van der Waals surface area (Å²) in [6, 6.07) is 19.2. The van der Waals surface area contributed by atoms with Gasteiger partial charge in [-0.05, 0) is 48.0 Å². The zero-order chi connectivity index (χ0) is 18.6. The van der Waals surface area contributed by atoms with Gasteiger partial charge in [0.15, 0.2) is 11.0 Å². The second-order valence-electron chi connectivity index (χ2n) is 5.86. The molecule has 2 aromatic carbocycles. The van der Waals surface area contributed by atoms with Crippen LogP contribution >= 0.6 is 35.0 Å². The Hall–Kier alpha value is -2.21. The summed E-state index contributed by atoms with van der Waals surface area (Å²) in [6.45, 7) is 0.544. The van der Waals surface area contributed by atoms with Crippen molar-refractivity contribution in [3.8, 4) is 11.4 Å². The van der Waals surface area contributed by atoms with E-state index in [-0.39, 0.29) is 0 Å². The van der Waals surface area contributed by atoms with Crippen LogP contribution in [0.2, 0.25) is 10.0 Å². The average Bonchev–Trinajstić information content (AvgIpc) is 3.33. The van der Waals surface area contributed by atoms with Crippen molar-refractivity contribution < 1.29 is 4.42 Å². The molecule has 0 saturated carbocycles. The maximum absolute atomic E-state index is 6.28. The molecule has 4 nitrogen and oxygen atoms in total. The first-order chi connectivity index (χ1) is 13.2. The normalized spacial score (nSPS) is 11.0. The molecule has 0 aliphatic heterocycles. The highest BCUT2D eigenvalue weighted by molar-refractivity contribution is 7.98. The lowest BCUT2D eigenvalue weighted by molar-refractivity contribution is 0.485. The van der Waals surface area contributed by atoms with Crippen molar-refractivity contribution in [2.24, 2.45) is 0 Å². The predicted molar refractivity (Wildman–Crippen MR) is 109 cm³/mol. The zero-order valence-corrected chi connectivity index (χ0v) is 16.5. The van der Waals surface area contributed by atoms with E-state index in [1.807, 2.05) is 65.2 Å². The fourth-order valence-corrected chi connectivity index (χ4v) is 4.02. The number of thioether (sulfide) groups is 1. The fourth-order valence-electron chi connectivity index (χ4n) is 2.67. The topological polar surface area (TPSA) is 43.9 Å². The summed E-state index contributed by atoms with van der Waals surface area (Å²) >= 11 is 13.9. The van der Waals surface area contributed by atoms with Crippen LogP contribution in [0.4, 0.5) is 0 Å².